The molecule has 2 rings (SSSR count). The average Bonchev–Trinajstić information content (AvgIpc) is 2.55. The summed E-state index contributed by atoms with van der Waals surface area (Å²) in [5.74, 6) is -0.553. The molecule has 7 heteroatoms. The van der Waals surface area contributed by atoms with Gasteiger partial charge >= 0.3 is 6.09 Å². The third-order valence-corrected chi connectivity index (χ3v) is 4.62. The monoisotopic (exact) mass is 365 g/mol. The molecule has 0 spiro atoms. The molecule has 2 amide bonds. The molecule has 2 N–H and O–H groups in total. The zero-order valence-electron chi connectivity index (χ0n) is 15.8. The number of hydrogen-bond donors (Lipinski definition) is 2. The molecular formula is C19H28FN3O3. The highest BCUT2D eigenvalue weighted by Gasteiger charge is 2.30. The quantitative estimate of drug-likeness (QED) is 0.848. The SMILES string of the molecule is C[C@@H](NC(=O)OC(C)(C)C)C1CCC(C(=O)Nc2ccncc2F)CC1. The molecule has 1 aromatic heterocycles. The van der Waals surface area contributed by atoms with Gasteiger partial charge in [0.1, 0.15) is 5.60 Å². The minimum absolute atomic E-state index is 0.0218. The summed E-state index contributed by atoms with van der Waals surface area (Å²) in [4.78, 5) is 27.9. The predicted molar refractivity (Wildman–Crippen MR) is 97.1 cm³/mol. The standard InChI is InChI=1S/C19H28FN3O3/c1-12(22-18(25)26-19(2,3)4)13-5-7-14(8-6-13)17(24)23-16-9-10-21-11-15(16)20/h9-14H,5-8H2,1-4H3,(H,22,25)(H,21,23,24)/t12-,13?,14?/m1/s1. The Labute approximate surface area is 153 Å². The summed E-state index contributed by atoms with van der Waals surface area (Å²) >= 11 is 0. The lowest BCUT2D eigenvalue weighted by atomic mass is 9.78. The molecule has 0 radical (unpaired) electrons. The molecule has 6 nitrogen and oxygen atoms in total. The van der Waals surface area contributed by atoms with Crippen molar-refractivity contribution in [1.29, 1.82) is 0 Å². The largest absolute Gasteiger partial charge is 0.444 e. The Hall–Kier alpha value is -2.18. The Kier molecular flexibility index (Phi) is 6.56. The average molecular weight is 365 g/mol. The fourth-order valence-corrected chi connectivity index (χ4v) is 3.20. The second-order valence-corrected chi connectivity index (χ2v) is 7.89. The van der Waals surface area contributed by atoms with E-state index in [-0.39, 0.29) is 23.6 Å². The van der Waals surface area contributed by atoms with E-state index >= 15 is 0 Å². The number of carbonyl (C=O) groups excluding carboxylic acids is 2. The van der Waals surface area contributed by atoms with E-state index in [1.807, 2.05) is 27.7 Å². The van der Waals surface area contributed by atoms with E-state index in [0.29, 0.717) is 18.8 Å². The van der Waals surface area contributed by atoms with Crippen LogP contribution in [0.1, 0.15) is 53.4 Å². The van der Waals surface area contributed by atoms with Crippen molar-refractivity contribution in [3.05, 3.63) is 24.3 Å². The van der Waals surface area contributed by atoms with E-state index in [9.17, 15) is 14.0 Å². The van der Waals surface area contributed by atoms with E-state index in [1.54, 1.807) is 0 Å². The molecule has 1 aliphatic rings. The number of halogens is 1. The summed E-state index contributed by atoms with van der Waals surface area (Å²) in [6.07, 6.45) is 5.18. The van der Waals surface area contributed by atoms with Gasteiger partial charge < -0.3 is 15.4 Å². The van der Waals surface area contributed by atoms with Crippen molar-refractivity contribution in [2.75, 3.05) is 5.32 Å². The number of amides is 2. The van der Waals surface area contributed by atoms with Crippen LogP contribution in [0.3, 0.4) is 0 Å². The summed E-state index contributed by atoms with van der Waals surface area (Å²) in [6.45, 7) is 7.44. The van der Waals surface area contributed by atoms with Gasteiger partial charge in [0.2, 0.25) is 5.91 Å². The maximum absolute atomic E-state index is 13.6. The predicted octanol–water partition coefficient (Wildman–Crippen LogP) is 3.88. The van der Waals surface area contributed by atoms with E-state index in [0.717, 1.165) is 19.0 Å². The first-order chi connectivity index (χ1) is 12.2. The Bertz CT molecular complexity index is 637. The number of nitrogens with zero attached hydrogens (tertiary/aromatic N) is 1. The first kappa shape index (κ1) is 20.1. The van der Waals surface area contributed by atoms with Gasteiger partial charge in [-0.15, -0.1) is 0 Å². The van der Waals surface area contributed by atoms with E-state index in [4.69, 9.17) is 4.74 Å². The topological polar surface area (TPSA) is 80.3 Å². The third-order valence-electron chi connectivity index (χ3n) is 4.62. The van der Waals surface area contributed by atoms with Crippen LogP contribution in [-0.4, -0.2) is 28.6 Å². The molecule has 26 heavy (non-hydrogen) atoms. The van der Waals surface area contributed by atoms with Crippen molar-refractivity contribution < 1.29 is 18.7 Å². The van der Waals surface area contributed by atoms with Crippen LogP contribution < -0.4 is 10.6 Å². The lowest BCUT2D eigenvalue weighted by Gasteiger charge is -2.32. The van der Waals surface area contributed by atoms with Crippen LogP contribution in [0.2, 0.25) is 0 Å². The van der Waals surface area contributed by atoms with E-state index in [2.05, 4.69) is 15.6 Å². The van der Waals surface area contributed by atoms with Crippen LogP contribution in [0.4, 0.5) is 14.9 Å². The number of nitrogens with one attached hydrogen (secondary N) is 2. The number of anilines is 1. The molecule has 1 aromatic rings. The van der Waals surface area contributed by atoms with Crippen LogP contribution in [0, 0.1) is 17.7 Å². The fourth-order valence-electron chi connectivity index (χ4n) is 3.20. The Morgan fingerprint density at radius 3 is 2.50 bits per heavy atom. The number of ether oxygens (including phenoxy) is 1. The van der Waals surface area contributed by atoms with Crippen molar-refractivity contribution in [1.82, 2.24) is 10.3 Å². The summed E-state index contributed by atoms with van der Waals surface area (Å²) in [6, 6.07) is 1.43. The first-order valence-corrected chi connectivity index (χ1v) is 9.05. The summed E-state index contributed by atoms with van der Waals surface area (Å²) in [5, 5.41) is 5.52. The molecule has 1 heterocycles. The third kappa shape index (κ3) is 5.97. The second-order valence-electron chi connectivity index (χ2n) is 7.89. The number of aromatic nitrogens is 1. The molecule has 0 saturated heterocycles. The lowest BCUT2D eigenvalue weighted by Crippen LogP contribution is -2.42. The molecule has 0 bridgehead atoms. The highest BCUT2D eigenvalue weighted by Crippen LogP contribution is 2.32. The summed E-state index contributed by atoms with van der Waals surface area (Å²) < 4.78 is 18.9. The van der Waals surface area contributed by atoms with Crippen LogP contribution >= 0.6 is 0 Å². The van der Waals surface area contributed by atoms with Crippen LogP contribution in [-0.2, 0) is 9.53 Å². The maximum atomic E-state index is 13.6. The molecule has 144 valence electrons. The van der Waals surface area contributed by atoms with Gasteiger partial charge in [-0.1, -0.05) is 0 Å². The smallest absolute Gasteiger partial charge is 0.407 e. The number of rotatable bonds is 4. The van der Waals surface area contributed by atoms with Gasteiger partial charge in [0.05, 0.1) is 11.9 Å². The van der Waals surface area contributed by atoms with Gasteiger partial charge in [0.15, 0.2) is 5.82 Å². The molecule has 0 aliphatic heterocycles. The van der Waals surface area contributed by atoms with Crippen molar-refractivity contribution in [2.24, 2.45) is 11.8 Å². The molecule has 0 aromatic carbocycles. The van der Waals surface area contributed by atoms with Crippen molar-refractivity contribution >= 4 is 17.7 Å². The fraction of sp³-hybridized carbons (Fsp3) is 0.632. The first-order valence-electron chi connectivity index (χ1n) is 9.05. The van der Waals surface area contributed by atoms with E-state index < -0.39 is 17.5 Å². The van der Waals surface area contributed by atoms with Gasteiger partial charge in [-0.05, 0) is 65.4 Å². The maximum Gasteiger partial charge on any atom is 0.407 e. The van der Waals surface area contributed by atoms with E-state index in [1.165, 1.54) is 12.3 Å². The van der Waals surface area contributed by atoms with Gasteiger partial charge in [-0.2, -0.15) is 0 Å². The summed E-state index contributed by atoms with van der Waals surface area (Å²) in [7, 11) is 0. The molecule has 1 atom stereocenters. The van der Waals surface area contributed by atoms with Crippen molar-refractivity contribution in [2.45, 2.75) is 65.0 Å². The van der Waals surface area contributed by atoms with Gasteiger partial charge in [0.25, 0.3) is 0 Å². The lowest BCUT2D eigenvalue weighted by molar-refractivity contribution is -0.121. The molecule has 1 saturated carbocycles. The summed E-state index contributed by atoms with van der Waals surface area (Å²) in [5.41, 5.74) is -0.367. The number of carbonyl (C=O) groups is 2. The Morgan fingerprint density at radius 1 is 1.27 bits per heavy atom. The van der Waals surface area contributed by atoms with Crippen molar-refractivity contribution in [3.8, 4) is 0 Å². The second kappa shape index (κ2) is 8.47. The minimum Gasteiger partial charge on any atom is -0.444 e. The number of alkyl carbamates (subject to hydrolysis) is 1. The number of hydrogen-bond acceptors (Lipinski definition) is 4. The van der Waals surface area contributed by atoms with Gasteiger partial charge in [0, 0.05) is 18.2 Å². The minimum atomic E-state index is -0.537. The van der Waals surface area contributed by atoms with Crippen molar-refractivity contribution in [3.63, 3.8) is 0 Å². The zero-order chi connectivity index (χ0) is 19.3. The zero-order valence-corrected chi connectivity index (χ0v) is 15.8. The van der Waals surface area contributed by atoms with Crippen LogP contribution in [0.25, 0.3) is 0 Å². The highest BCUT2D eigenvalue weighted by atomic mass is 19.1. The van der Waals surface area contributed by atoms with Gasteiger partial charge in [-0.3, -0.25) is 9.78 Å². The molecular weight excluding hydrogens is 337 g/mol. The Balaban J connectivity index is 1.80. The number of pyridine rings is 1. The molecule has 1 aliphatic carbocycles. The molecule has 1 fully saturated rings. The Morgan fingerprint density at radius 2 is 1.92 bits per heavy atom. The highest BCUT2D eigenvalue weighted by molar-refractivity contribution is 5.92. The molecule has 0 unspecified atom stereocenters. The van der Waals surface area contributed by atoms with Crippen LogP contribution in [0.5, 0.6) is 0 Å². The van der Waals surface area contributed by atoms with Gasteiger partial charge in [-0.25, -0.2) is 9.18 Å². The van der Waals surface area contributed by atoms with Crippen LogP contribution in [0.15, 0.2) is 18.5 Å². The normalized spacial score (nSPS) is 21.6.